The van der Waals surface area contributed by atoms with E-state index in [1.54, 1.807) is 36.4 Å². The lowest BCUT2D eigenvalue weighted by Gasteiger charge is -2.26. The number of hydrogen-bond donors (Lipinski definition) is 1. The number of barbiturate groups is 1. The minimum atomic E-state index is -0.825. The Morgan fingerprint density at radius 1 is 0.786 bits per heavy atom. The Hall–Kier alpha value is -4.64. The van der Waals surface area contributed by atoms with Crippen LogP contribution in [-0.2, 0) is 22.8 Å². The number of nitrogens with one attached hydrogen (secondary N) is 1. The van der Waals surface area contributed by atoms with Crippen LogP contribution < -0.4 is 24.4 Å². The van der Waals surface area contributed by atoms with Crippen LogP contribution >= 0.6 is 22.6 Å². The van der Waals surface area contributed by atoms with Crippen molar-refractivity contribution in [2.75, 3.05) is 11.5 Å². The van der Waals surface area contributed by atoms with Crippen LogP contribution in [0.3, 0.4) is 0 Å². The van der Waals surface area contributed by atoms with E-state index < -0.39 is 17.8 Å². The maximum Gasteiger partial charge on any atom is 0.335 e. The van der Waals surface area contributed by atoms with Crippen molar-refractivity contribution in [3.8, 4) is 17.2 Å². The molecule has 0 radical (unpaired) electrons. The SMILES string of the molecule is CCOc1cc(/C=C2\C(=O)NC(=O)N(c3ccc(OCc4ccccc4)cc3)C2=O)cc(I)c1OCc1ccccc1. The van der Waals surface area contributed by atoms with Gasteiger partial charge >= 0.3 is 6.03 Å². The van der Waals surface area contributed by atoms with E-state index in [2.05, 4.69) is 27.9 Å². The number of benzene rings is 4. The highest BCUT2D eigenvalue weighted by Crippen LogP contribution is 2.36. The first-order valence-corrected chi connectivity index (χ1v) is 14.3. The van der Waals surface area contributed by atoms with E-state index in [0.717, 1.165) is 19.6 Å². The second kappa shape index (κ2) is 13.3. The van der Waals surface area contributed by atoms with Gasteiger partial charge in [0.05, 0.1) is 15.9 Å². The van der Waals surface area contributed by atoms with Gasteiger partial charge < -0.3 is 14.2 Å². The van der Waals surface area contributed by atoms with Crippen LogP contribution in [0.2, 0.25) is 0 Å². The third-order valence-corrected chi connectivity index (χ3v) is 7.11. The number of nitrogens with zero attached hydrogens (tertiary/aromatic N) is 1. The highest BCUT2D eigenvalue weighted by atomic mass is 127. The summed E-state index contributed by atoms with van der Waals surface area (Å²) in [5.74, 6) is 0.108. The Kier molecular flexibility index (Phi) is 9.18. The van der Waals surface area contributed by atoms with E-state index in [1.807, 2.05) is 67.6 Å². The fourth-order valence-electron chi connectivity index (χ4n) is 4.29. The van der Waals surface area contributed by atoms with E-state index in [9.17, 15) is 14.4 Å². The fourth-order valence-corrected chi connectivity index (χ4v) is 5.08. The number of hydrogen-bond acceptors (Lipinski definition) is 6. The van der Waals surface area contributed by atoms with Gasteiger partial charge in [-0.2, -0.15) is 0 Å². The molecule has 1 N–H and O–H groups in total. The molecule has 1 aliphatic rings. The normalized spacial score (nSPS) is 14.1. The summed E-state index contributed by atoms with van der Waals surface area (Å²) in [5.41, 5.74) is 2.69. The number of amides is 4. The topological polar surface area (TPSA) is 94.2 Å². The van der Waals surface area contributed by atoms with Gasteiger partial charge in [-0.15, -0.1) is 0 Å². The summed E-state index contributed by atoms with van der Waals surface area (Å²) in [6.07, 6.45) is 1.44. The first-order chi connectivity index (χ1) is 20.4. The van der Waals surface area contributed by atoms with Crippen molar-refractivity contribution < 1.29 is 28.6 Å². The van der Waals surface area contributed by atoms with Crippen molar-refractivity contribution in [2.24, 2.45) is 0 Å². The minimum Gasteiger partial charge on any atom is -0.490 e. The van der Waals surface area contributed by atoms with Crippen molar-refractivity contribution in [1.82, 2.24) is 5.32 Å². The molecule has 0 unspecified atom stereocenters. The Bertz CT molecular complexity index is 1620. The van der Waals surface area contributed by atoms with E-state index >= 15 is 0 Å². The van der Waals surface area contributed by atoms with Gasteiger partial charge in [0.1, 0.15) is 24.5 Å². The molecule has 1 aliphatic heterocycles. The summed E-state index contributed by atoms with van der Waals surface area (Å²) in [5, 5.41) is 2.26. The average molecular weight is 674 g/mol. The maximum atomic E-state index is 13.5. The molecule has 0 bridgehead atoms. The lowest BCUT2D eigenvalue weighted by atomic mass is 10.1. The van der Waals surface area contributed by atoms with Crippen molar-refractivity contribution >= 4 is 52.2 Å². The van der Waals surface area contributed by atoms with Gasteiger partial charge in [-0.05, 0) is 88.7 Å². The molecule has 4 amide bonds. The molecule has 9 heteroatoms. The fraction of sp³-hybridized carbons (Fsp3) is 0.121. The van der Waals surface area contributed by atoms with E-state index in [0.29, 0.717) is 48.3 Å². The van der Waals surface area contributed by atoms with Crippen LogP contribution in [0.4, 0.5) is 10.5 Å². The van der Waals surface area contributed by atoms with Crippen LogP contribution in [0, 0.1) is 3.57 Å². The zero-order valence-corrected chi connectivity index (χ0v) is 24.9. The van der Waals surface area contributed by atoms with Gasteiger partial charge in [-0.25, -0.2) is 9.69 Å². The van der Waals surface area contributed by atoms with Crippen molar-refractivity contribution in [1.29, 1.82) is 0 Å². The van der Waals surface area contributed by atoms with Crippen LogP contribution in [-0.4, -0.2) is 24.5 Å². The van der Waals surface area contributed by atoms with Gasteiger partial charge in [0.25, 0.3) is 11.8 Å². The molecule has 212 valence electrons. The predicted molar refractivity (Wildman–Crippen MR) is 167 cm³/mol. The molecule has 4 aromatic carbocycles. The Balaban J connectivity index is 1.36. The first kappa shape index (κ1) is 28.9. The van der Waals surface area contributed by atoms with Gasteiger partial charge in [0.2, 0.25) is 0 Å². The summed E-state index contributed by atoms with van der Waals surface area (Å²) >= 11 is 2.13. The Labute approximate surface area is 257 Å². The number of halogens is 1. The van der Waals surface area contributed by atoms with Gasteiger partial charge in [0, 0.05) is 0 Å². The molecular weight excluding hydrogens is 647 g/mol. The zero-order valence-electron chi connectivity index (χ0n) is 22.7. The molecule has 5 rings (SSSR count). The molecule has 1 heterocycles. The number of ether oxygens (including phenoxy) is 3. The lowest BCUT2D eigenvalue weighted by Crippen LogP contribution is -2.54. The smallest absolute Gasteiger partial charge is 0.335 e. The Morgan fingerprint density at radius 2 is 1.40 bits per heavy atom. The largest absolute Gasteiger partial charge is 0.490 e. The second-order valence-corrected chi connectivity index (χ2v) is 10.4. The Morgan fingerprint density at radius 3 is 2.02 bits per heavy atom. The van der Waals surface area contributed by atoms with Crippen LogP contribution in [0.5, 0.6) is 17.2 Å². The quantitative estimate of drug-likeness (QED) is 0.117. The third-order valence-electron chi connectivity index (χ3n) is 6.31. The van der Waals surface area contributed by atoms with Gasteiger partial charge in [0.15, 0.2) is 11.5 Å². The molecular formula is C33H27IN2O6. The van der Waals surface area contributed by atoms with Crippen molar-refractivity contribution in [3.05, 3.63) is 123 Å². The van der Waals surface area contributed by atoms with Gasteiger partial charge in [-0.1, -0.05) is 60.7 Å². The highest BCUT2D eigenvalue weighted by molar-refractivity contribution is 14.1. The standard InChI is InChI=1S/C33H27IN2O6/c1-2-40-29-19-24(18-28(34)30(29)42-21-23-11-7-4-8-12-23)17-27-31(37)35-33(39)36(32(27)38)25-13-15-26(16-14-25)41-20-22-9-5-3-6-10-22/h3-19H,2,20-21H2,1H3,(H,35,37,39)/b27-17+. The van der Waals surface area contributed by atoms with Crippen LogP contribution in [0.25, 0.3) is 6.08 Å². The molecule has 1 saturated heterocycles. The second-order valence-electron chi connectivity index (χ2n) is 9.26. The summed E-state index contributed by atoms with van der Waals surface area (Å²) in [6.45, 7) is 2.98. The summed E-state index contributed by atoms with van der Waals surface area (Å²) in [6, 6.07) is 28.7. The highest BCUT2D eigenvalue weighted by Gasteiger charge is 2.37. The number of carbonyl (C=O) groups is 3. The maximum absolute atomic E-state index is 13.5. The summed E-state index contributed by atoms with van der Waals surface area (Å²) < 4.78 is 18.5. The van der Waals surface area contributed by atoms with E-state index in [4.69, 9.17) is 14.2 Å². The number of anilines is 1. The zero-order chi connectivity index (χ0) is 29.5. The molecule has 0 aliphatic carbocycles. The minimum absolute atomic E-state index is 0.185. The molecule has 42 heavy (non-hydrogen) atoms. The number of imide groups is 2. The van der Waals surface area contributed by atoms with E-state index in [-0.39, 0.29) is 5.57 Å². The molecule has 0 atom stereocenters. The van der Waals surface area contributed by atoms with Crippen molar-refractivity contribution in [2.45, 2.75) is 20.1 Å². The van der Waals surface area contributed by atoms with Gasteiger partial charge in [-0.3, -0.25) is 14.9 Å². The average Bonchev–Trinajstić information content (AvgIpc) is 2.99. The van der Waals surface area contributed by atoms with E-state index in [1.165, 1.54) is 6.08 Å². The van der Waals surface area contributed by atoms with Crippen LogP contribution in [0.15, 0.2) is 103 Å². The molecule has 0 saturated carbocycles. The third kappa shape index (κ3) is 6.80. The number of rotatable bonds is 10. The summed E-state index contributed by atoms with van der Waals surface area (Å²) in [7, 11) is 0. The van der Waals surface area contributed by atoms with Crippen LogP contribution in [0.1, 0.15) is 23.6 Å². The predicted octanol–water partition coefficient (Wildman–Crippen LogP) is 6.51. The molecule has 0 aromatic heterocycles. The monoisotopic (exact) mass is 674 g/mol. The number of carbonyl (C=O) groups excluding carboxylic acids is 3. The number of urea groups is 1. The molecule has 1 fully saturated rings. The first-order valence-electron chi connectivity index (χ1n) is 13.2. The molecule has 4 aromatic rings. The molecule has 0 spiro atoms. The van der Waals surface area contributed by atoms with Crippen molar-refractivity contribution in [3.63, 3.8) is 0 Å². The molecule has 8 nitrogen and oxygen atoms in total. The lowest BCUT2D eigenvalue weighted by molar-refractivity contribution is -0.122. The summed E-state index contributed by atoms with van der Waals surface area (Å²) in [4.78, 5) is 39.9.